The van der Waals surface area contributed by atoms with Crippen LogP contribution in [0.1, 0.15) is 59.3 Å². The van der Waals surface area contributed by atoms with Gasteiger partial charge in [0.05, 0.1) is 18.8 Å². The average molecular weight is 404 g/mol. The van der Waals surface area contributed by atoms with Gasteiger partial charge in [0.15, 0.2) is 0 Å². The summed E-state index contributed by atoms with van der Waals surface area (Å²) in [6.45, 7) is 7.14. The third kappa shape index (κ3) is 6.14. The zero-order chi connectivity index (χ0) is 20.2. The molecule has 1 saturated heterocycles. The van der Waals surface area contributed by atoms with Crippen LogP contribution in [-0.4, -0.2) is 69.0 Å². The summed E-state index contributed by atoms with van der Waals surface area (Å²) < 4.78 is 34.7. The third-order valence-corrected chi connectivity index (χ3v) is 7.69. The molecule has 7 nitrogen and oxygen atoms in total. The molecule has 158 valence electrons. The van der Waals surface area contributed by atoms with E-state index in [9.17, 15) is 13.2 Å². The number of carbonyl (C=O) groups is 1. The molecule has 2 rings (SSSR count). The maximum Gasteiger partial charge on any atom is 0.279 e. The molecule has 1 aliphatic carbocycles. The molecule has 0 spiro atoms. The monoisotopic (exact) mass is 403 g/mol. The second kappa shape index (κ2) is 9.67. The van der Waals surface area contributed by atoms with Gasteiger partial charge in [0.25, 0.3) is 10.2 Å². The van der Waals surface area contributed by atoms with Crippen LogP contribution in [0, 0.1) is 11.8 Å². The van der Waals surface area contributed by atoms with Crippen molar-refractivity contribution in [3.63, 3.8) is 0 Å². The first-order valence-corrected chi connectivity index (χ1v) is 11.6. The van der Waals surface area contributed by atoms with E-state index >= 15 is 0 Å². The minimum absolute atomic E-state index is 0.0270. The zero-order valence-electron chi connectivity index (χ0n) is 17.5. The maximum atomic E-state index is 12.3. The average Bonchev–Trinajstić information content (AvgIpc) is 2.60. The Morgan fingerprint density at radius 2 is 1.81 bits per heavy atom. The van der Waals surface area contributed by atoms with E-state index < -0.39 is 10.2 Å². The molecule has 1 saturated carbocycles. The van der Waals surface area contributed by atoms with Gasteiger partial charge in [-0.15, -0.1) is 0 Å². The number of nitrogens with one attached hydrogen (secondary N) is 1. The Morgan fingerprint density at radius 1 is 1.19 bits per heavy atom. The highest BCUT2D eigenvalue weighted by molar-refractivity contribution is 7.87. The van der Waals surface area contributed by atoms with Crippen molar-refractivity contribution in [1.29, 1.82) is 0 Å². The van der Waals surface area contributed by atoms with Gasteiger partial charge in [-0.05, 0) is 50.4 Å². The molecule has 2 aliphatic rings. The molecule has 0 aromatic heterocycles. The van der Waals surface area contributed by atoms with Crippen LogP contribution in [0.5, 0.6) is 0 Å². The van der Waals surface area contributed by atoms with Crippen LogP contribution < -0.4 is 4.72 Å². The van der Waals surface area contributed by atoms with Crippen molar-refractivity contribution in [3.05, 3.63) is 0 Å². The first kappa shape index (κ1) is 22.6. The van der Waals surface area contributed by atoms with Gasteiger partial charge in [0, 0.05) is 33.6 Å². The number of likely N-dealkylation sites (tertiary alicyclic amines) is 1. The molecule has 0 aromatic rings. The quantitative estimate of drug-likeness (QED) is 0.705. The lowest BCUT2D eigenvalue weighted by Crippen LogP contribution is -2.59. The van der Waals surface area contributed by atoms with Gasteiger partial charge in [-0.2, -0.15) is 17.4 Å². The number of piperidine rings is 1. The summed E-state index contributed by atoms with van der Waals surface area (Å²) >= 11 is 0. The van der Waals surface area contributed by atoms with Gasteiger partial charge in [0.2, 0.25) is 5.91 Å². The Kier molecular flexibility index (Phi) is 8.09. The Morgan fingerprint density at radius 3 is 2.33 bits per heavy atom. The number of hydrogen-bond donors (Lipinski definition) is 1. The smallest absolute Gasteiger partial charge is 0.279 e. The van der Waals surface area contributed by atoms with E-state index in [0.29, 0.717) is 25.5 Å². The van der Waals surface area contributed by atoms with E-state index in [2.05, 4.69) is 18.6 Å². The molecule has 1 N–H and O–H groups in total. The summed E-state index contributed by atoms with van der Waals surface area (Å²) in [6, 6.07) is -0.573. The van der Waals surface area contributed by atoms with Crippen LogP contribution >= 0.6 is 0 Å². The number of hydrogen-bond acceptors (Lipinski definition) is 4. The maximum absolute atomic E-state index is 12.3. The molecule has 0 bridgehead atoms. The van der Waals surface area contributed by atoms with Crippen LogP contribution in [0.25, 0.3) is 0 Å². The normalized spacial score (nSPS) is 30.1. The lowest BCUT2D eigenvalue weighted by Gasteiger charge is -2.42. The summed E-state index contributed by atoms with van der Waals surface area (Å²) in [6.07, 6.45) is 6.16. The predicted molar refractivity (Wildman–Crippen MR) is 106 cm³/mol. The Balaban J connectivity index is 2.00. The Labute approximate surface area is 165 Å². The van der Waals surface area contributed by atoms with Crippen molar-refractivity contribution >= 4 is 16.1 Å². The van der Waals surface area contributed by atoms with Crippen molar-refractivity contribution in [2.45, 2.75) is 77.5 Å². The van der Waals surface area contributed by atoms with Gasteiger partial charge in [0.1, 0.15) is 0 Å². The highest BCUT2D eigenvalue weighted by Gasteiger charge is 2.36. The molecule has 0 radical (unpaired) electrons. The molecule has 1 aliphatic heterocycles. The van der Waals surface area contributed by atoms with Crippen molar-refractivity contribution in [3.8, 4) is 0 Å². The molecule has 1 amide bonds. The third-order valence-electron chi connectivity index (χ3n) is 6.13. The second-order valence-corrected chi connectivity index (χ2v) is 10.5. The second-order valence-electron chi connectivity index (χ2n) is 8.55. The molecule has 0 aromatic carbocycles. The van der Waals surface area contributed by atoms with Crippen LogP contribution in [0.3, 0.4) is 0 Å². The molecule has 27 heavy (non-hydrogen) atoms. The van der Waals surface area contributed by atoms with Gasteiger partial charge in [-0.25, -0.2) is 0 Å². The zero-order valence-corrected chi connectivity index (χ0v) is 18.3. The number of carbonyl (C=O) groups excluding carboxylic acids is 1. The van der Waals surface area contributed by atoms with Crippen LogP contribution in [0.2, 0.25) is 0 Å². The highest BCUT2D eigenvalue weighted by Crippen LogP contribution is 2.31. The standard InChI is InChI=1S/C19H37N3O4S/c1-14(2)16-8-10-17(11-9-16)26-13-19-18(20-27(24,25)21(4)5)7-6-12-22(19)15(3)23/h14,16-20H,6-13H2,1-5H3. The SMILES string of the molecule is CC(=O)N1CCCC(NS(=O)(=O)N(C)C)C1COC1CCC(C(C)C)CC1. The number of amides is 1. The fourth-order valence-electron chi connectivity index (χ4n) is 4.24. The van der Waals surface area contributed by atoms with E-state index in [-0.39, 0.29) is 24.1 Å². The summed E-state index contributed by atoms with van der Waals surface area (Å²) in [5.41, 5.74) is 0. The van der Waals surface area contributed by atoms with Crippen molar-refractivity contribution < 1.29 is 17.9 Å². The summed E-state index contributed by atoms with van der Waals surface area (Å²) in [4.78, 5) is 13.9. The molecular weight excluding hydrogens is 366 g/mol. The first-order valence-electron chi connectivity index (χ1n) is 10.2. The fourth-order valence-corrected chi connectivity index (χ4v) is 5.11. The van der Waals surface area contributed by atoms with E-state index in [1.165, 1.54) is 31.2 Å². The van der Waals surface area contributed by atoms with Crippen LogP contribution in [0.15, 0.2) is 0 Å². The van der Waals surface area contributed by atoms with E-state index in [1.54, 1.807) is 11.8 Å². The van der Waals surface area contributed by atoms with Gasteiger partial charge < -0.3 is 9.64 Å². The van der Waals surface area contributed by atoms with Crippen molar-refractivity contribution in [2.24, 2.45) is 11.8 Å². The minimum Gasteiger partial charge on any atom is -0.376 e. The summed E-state index contributed by atoms with van der Waals surface area (Å²) in [7, 11) is -0.537. The molecular formula is C19H37N3O4S. The fraction of sp³-hybridized carbons (Fsp3) is 0.947. The molecule has 1 heterocycles. The lowest BCUT2D eigenvalue weighted by molar-refractivity contribution is -0.136. The molecule has 2 atom stereocenters. The largest absolute Gasteiger partial charge is 0.376 e. The molecule has 2 unspecified atom stereocenters. The highest BCUT2D eigenvalue weighted by atomic mass is 32.2. The molecule has 8 heteroatoms. The van der Waals surface area contributed by atoms with Crippen molar-refractivity contribution in [1.82, 2.24) is 13.9 Å². The Hall–Kier alpha value is -0.700. The summed E-state index contributed by atoms with van der Waals surface area (Å²) in [5, 5.41) is 0. The summed E-state index contributed by atoms with van der Waals surface area (Å²) in [5.74, 6) is 1.45. The Bertz CT molecular complexity index is 586. The van der Waals surface area contributed by atoms with Gasteiger partial charge in [-0.3, -0.25) is 4.79 Å². The first-order chi connectivity index (χ1) is 12.6. The van der Waals surface area contributed by atoms with Gasteiger partial charge >= 0.3 is 0 Å². The van der Waals surface area contributed by atoms with Crippen LogP contribution in [-0.2, 0) is 19.7 Å². The van der Waals surface area contributed by atoms with Crippen LogP contribution in [0.4, 0.5) is 0 Å². The molecule has 2 fully saturated rings. The lowest BCUT2D eigenvalue weighted by atomic mass is 9.80. The van der Waals surface area contributed by atoms with E-state index in [0.717, 1.165) is 25.2 Å². The van der Waals surface area contributed by atoms with Crippen molar-refractivity contribution in [2.75, 3.05) is 27.2 Å². The number of ether oxygens (including phenoxy) is 1. The predicted octanol–water partition coefficient (Wildman–Crippen LogP) is 1.99. The minimum atomic E-state index is -3.55. The number of rotatable bonds is 7. The number of nitrogens with zero attached hydrogens (tertiary/aromatic N) is 2. The topological polar surface area (TPSA) is 79.0 Å². The van der Waals surface area contributed by atoms with E-state index in [1.807, 2.05) is 0 Å². The van der Waals surface area contributed by atoms with E-state index in [4.69, 9.17) is 4.74 Å². The van der Waals surface area contributed by atoms with Gasteiger partial charge in [-0.1, -0.05) is 13.8 Å².